The zero-order valence-electron chi connectivity index (χ0n) is 18.7. The van der Waals surface area contributed by atoms with Crippen LogP contribution in [0.2, 0.25) is 0 Å². The van der Waals surface area contributed by atoms with Crippen molar-refractivity contribution >= 4 is 0 Å². The van der Waals surface area contributed by atoms with Gasteiger partial charge in [-0.3, -0.25) is 0 Å². The highest BCUT2D eigenvalue weighted by atomic mass is 19.4. The average molecular weight is 469 g/mol. The monoisotopic (exact) mass is 469 g/mol. The van der Waals surface area contributed by atoms with Gasteiger partial charge in [0, 0.05) is 30.4 Å². The van der Waals surface area contributed by atoms with E-state index in [9.17, 15) is 22.0 Å². The number of halogens is 5. The third-order valence-electron chi connectivity index (χ3n) is 6.66. The molecule has 4 rings (SSSR count). The van der Waals surface area contributed by atoms with Crippen molar-refractivity contribution in [2.75, 3.05) is 0 Å². The largest absolute Gasteiger partial charge is 0.419 e. The number of alkyl halides is 5. The molecule has 0 amide bonds. The maximum atomic E-state index is 13.5. The number of nitrogens with zero attached hydrogens (tertiary/aromatic N) is 5. The smallest absolute Gasteiger partial charge is 0.417 e. The van der Waals surface area contributed by atoms with Gasteiger partial charge in [0.1, 0.15) is 5.82 Å². The SMILES string of the molecule is Cn1c(-c2ccccc2C(F)(F)F)nnc1C1(C)CCC(C)(c2nnc(C(C)(F)F)o2)CC1. The second kappa shape index (κ2) is 7.59. The molecule has 0 unspecified atom stereocenters. The Labute approximate surface area is 187 Å². The number of hydrogen-bond acceptors (Lipinski definition) is 5. The van der Waals surface area contributed by atoms with Crippen LogP contribution in [0, 0.1) is 0 Å². The first-order chi connectivity index (χ1) is 15.2. The molecule has 178 valence electrons. The fourth-order valence-electron chi connectivity index (χ4n) is 4.45. The van der Waals surface area contributed by atoms with Crippen LogP contribution in [0.5, 0.6) is 0 Å². The zero-order chi connectivity index (χ0) is 24.2. The van der Waals surface area contributed by atoms with E-state index in [1.165, 1.54) is 18.2 Å². The maximum Gasteiger partial charge on any atom is 0.417 e. The predicted molar refractivity (Wildman–Crippen MR) is 108 cm³/mol. The molecule has 0 saturated heterocycles. The van der Waals surface area contributed by atoms with Crippen molar-refractivity contribution in [2.24, 2.45) is 7.05 Å². The van der Waals surface area contributed by atoms with Gasteiger partial charge in [-0.1, -0.05) is 32.0 Å². The summed E-state index contributed by atoms with van der Waals surface area (Å²) < 4.78 is 74.4. The normalized spacial score (nSPS) is 24.3. The van der Waals surface area contributed by atoms with Crippen LogP contribution in [0.4, 0.5) is 22.0 Å². The molecule has 3 aromatic rings. The molecular formula is C22H24F5N5O. The fourth-order valence-corrected chi connectivity index (χ4v) is 4.45. The second-order valence-corrected chi connectivity index (χ2v) is 9.37. The minimum Gasteiger partial charge on any atom is -0.419 e. The molecule has 0 radical (unpaired) electrons. The predicted octanol–water partition coefficient (Wildman–Crippen LogP) is 5.79. The molecule has 2 heterocycles. The highest BCUT2D eigenvalue weighted by Gasteiger charge is 2.46. The topological polar surface area (TPSA) is 69.6 Å². The van der Waals surface area contributed by atoms with Gasteiger partial charge in [0.15, 0.2) is 5.82 Å². The number of aromatic nitrogens is 5. The first-order valence-corrected chi connectivity index (χ1v) is 10.5. The maximum absolute atomic E-state index is 13.5. The molecule has 1 aromatic carbocycles. The van der Waals surface area contributed by atoms with Crippen molar-refractivity contribution in [1.82, 2.24) is 25.0 Å². The number of benzene rings is 1. The second-order valence-electron chi connectivity index (χ2n) is 9.37. The molecule has 0 spiro atoms. The Hall–Kier alpha value is -2.85. The Bertz CT molecular complexity index is 1150. The molecule has 1 fully saturated rings. The van der Waals surface area contributed by atoms with Crippen LogP contribution in [-0.4, -0.2) is 25.0 Å². The highest BCUT2D eigenvalue weighted by Crippen LogP contribution is 2.48. The minimum absolute atomic E-state index is 0.0330. The Morgan fingerprint density at radius 1 is 0.879 bits per heavy atom. The standard InChI is InChI=1S/C22H24F5N5O/c1-19(9-11-20(2,12-10-19)17-30-31-18(33-17)21(3,23)24)16-29-28-15(32(16)4)13-7-5-6-8-14(13)22(25,26)27/h5-8H,9-12H2,1-4H3. The minimum atomic E-state index is -4.52. The molecule has 1 aliphatic carbocycles. The molecule has 0 aliphatic heterocycles. The van der Waals surface area contributed by atoms with E-state index in [1.807, 2.05) is 13.8 Å². The molecular weight excluding hydrogens is 445 g/mol. The quantitative estimate of drug-likeness (QED) is 0.453. The van der Waals surface area contributed by atoms with Crippen LogP contribution in [0.3, 0.4) is 0 Å². The van der Waals surface area contributed by atoms with Crippen LogP contribution in [-0.2, 0) is 30.0 Å². The first kappa shape index (κ1) is 23.3. The Balaban J connectivity index is 1.60. The summed E-state index contributed by atoms with van der Waals surface area (Å²) in [5, 5.41) is 15.7. The zero-order valence-corrected chi connectivity index (χ0v) is 18.7. The van der Waals surface area contributed by atoms with E-state index < -0.39 is 34.4 Å². The van der Waals surface area contributed by atoms with Gasteiger partial charge >= 0.3 is 12.1 Å². The summed E-state index contributed by atoms with van der Waals surface area (Å²) in [6.45, 7) is 4.57. The van der Waals surface area contributed by atoms with Crippen LogP contribution < -0.4 is 0 Å². The van der Waals surface area contributed by atoms with Gasteiger partial charge in [0.05, 0.1) is 5.56 Å². The van der Waals surface area contributed by atoms with E-state index in [1.54, 1.807) is 11.6 Å². The van der Waals surface area contributed by atoms with Gasteiger partial charge in [-0.15, -0.1) is 20.4 Å². The average Bonchev–Trinajstić information content (AvgIpc) is 3.38. The summed E-state index contributed by atoms with van der Waals surface area (Å²) in [7, 11) is 1.66. The molecule has 1 saturated carbocycles. The van der Waals surface area contributed by atoms with E-state index in [-0.39, 0.29) is 17.3 Å². The lowest BCUT2D eigenvalue weighted by molar-refractivity contribution is -0.137. The fraction of sp³-hybridized carbons (Fsp3) is 0.545. The molecule has 1 aliphatic rings. The van der Waals surface area contributed by atoms with Crippen molar-refractivity contribution in [2.45, 2.75) is 69.4 Å². The molecule has 0 atom stereocenters. The van der Waals surface area contributed by atoms with Gasteiger partial charge in [-0.05, 0) is 31.7 Å². The molecule has 0 N–H and O–H groups in total. The lowest BCUT2D eigenvalue weighted by Gasteiger charge is -2.40. The van der Waals surface area contributed by atoms with Crippen molar-refractivity contribution in [3.8, 4) is 11.4 Å². The van der Waals surface area contributed by atoms with Gasteiger partial charge in [-0.25, -0.2) is 0 Å². The molecule has 0 bridgehead atoms. The van der Waals surface area contributed by atoms with Crippen LogP contribution in [0.15, 0.2) is 28.7 Å². The van der Waals surface area contributed by atoms with Crippen LogP contribution in [0.25, 0.3) is 11.4 Å². The third-order valence-corrected chi connectivity index (χ3v) is 6.66. The van der Waals surface area contributed by atoms with Crippen molar-refractivity contribution in [3.63, 3.8) is 0 Å². The molecule has 6 nitrogen and oxygen atoms in total. The van der Waals surface area contributed by atoms with E-state index in [0.29, 0.717) is 38.4 Å². The summed E-state index contributed by atoms with van der Waals surface area (Å²) in [5.41, 5.74) is -1.85. The van der Waals surface area contributed by atoms with Crippen molar-refractivity contribution < 1.29 is 26.4 Å². The summed E-state index contributed by atoms with van der Waals surface area (Å²) in [6, 6.07) is 5.28. The van der Waals surface area contributed by atoms with Gasteiger partial charge in [-0.2, -0.15) is 22.0 Å². The summed E-state index contributed by atoms with van der Waals surface area (Å²) in [4.78, 5) is 0. The van der Waals surface area contributed by atoms with Gasteiger partial charge in [0.2, 0.25) is 5.89 Å². The van der Waals surface area contributed by atoms with Crippen LogP contribution in [0.1, 0.15) is 69.6 Å². The van der Waals surface area contributed by atoms with Crippen molar-refractivity contribution in [1.29, 1.82) is 0 Å². The van der Waals surface area contributed by atoms with Gasteiger partial charge < -0.3 is 8.98 Å². The number of rotatable bonds is 4. The number of hydrogen-bond donors (Lipinski definition) is 0. The molecule has 2 aromatic heterocycles. The Morgan fingerprint density at radius 2 is 1.48 bits per heavy atom. The summed E-state index contributed by atoms with van der Waals surface area (Å²) in [5.74, 6) is -3.05. The lowest BCUT2D eigenvalue weighted by Crippen LogP contribution is -2.38. The summed E-state index contributed by atoms with van der Waals surface area (Å²) in [6.07, 6.45) is -2.21. The molecule has 33 heavy (non-hydrogen) atoms. The molecule has 11 heteroatoms. The summed E-state index contributed by atoms with van der Waals surface area (Å²) >= 11 is 0. The van der Waals surface area contributed by atoms with Crippen LogP contribution >= 0.6 is 0 Å². The Kier molecular flexibility index (Phi) is 5.37. The highest BCUT2D eigenvalue weighted by molar-refractivity contribution is 5.61. The van der Waals surface area contributed by atoms with Gasteiger partial charge in [0.25, 0.3) is 5.89 Å². The Morgan fingerprint density at radius 3 is 2.06 bits per heavy atom. The van der Waals surface area contributed by atoms with E-state index in [2.05, 4.69) is 20.4 Å². The van der Waals surface area contributed by atoms with Crippen molar-refractivity contribution in [3.05, 3.63) is 47.4 Å². The lowest BCUT2D eigenvalue weighted by atomic mass is 9.64. The third kappa shape index (κ3) is 4.13. The van der Waals surface area contributed by atoms with E-state index >= 15 is 0 Å². The van der Waals surface area contributed by atoms with E-state index in [0.717, 1.165) is 6.07 Å². The first-order valence-electron chi connectivity index (χ1n) is 10.5. The van der Waals surface area contributed by atoms with E-state index in [4.69, 9.17) is 4.42 Å².